The Bertz CT molecular complexity index is 666. The molecule has 0 unspecified atom stereocenters. The third-order valence-electron chi connectivity index (χ3n) is 3.28. The molecule has 0 aromatic heterocycles. The van der Waals surface area contributed by atoms with Gasteiger partial charge in [0.25, 0.3) is 5.69 Å². The molecule has 2 rings (SSSR count). The van der Waals surface area contributed by atoms with Gasteiger partial charge in [-0.15, -0.1) is 0 Å². The van der Waals surface area contributed by atoms with E-state index < -0.39 is 4.92 Å². The number of rotatable bonds is 7. The van der Waals surface area contributed by atoms with Crippen molar-refractivity contribution in [2.24, 2.45) is 5.10 Å². The van der Waals surface area contributed by atoms with Crippen LogP contribution in [-0.2, 0) is 0 Å². The number of ether oxygens (including phenoxy) is 1. The van der Waals surface area contributed by atoms with Crippen molar-refractivity contribution in [1.29, 1.82) is 0 Å². The Balaban J connectivity index is 1.91. The molecule has 0 saturated heterocycles. The molecule has 0 heterocycles. The lowest BCUT2D eigenvalue weighted by Gasteiger charge is -2.12. The van der Waals surface area contributed by atoms with Gasteiger partial charge in [-0.25, -0.2) is 0 Å². The molecule has 0 bridgehead atoms. The van der Waals surface area contributed by atoms with Gasteiger partial charge in [-0.2, -0.15) is 5.10 Å². The minimum Gasteiger partial charge on any atom is -0.491 e. The van der Waals surface area contributed by atoms with E-state index in [1.165, 1.54) is 12.1 Å². The van der Waals surface area contributed by atoms with E-state index in [4.69, 9.17) is 4.74 Å². The third kappa shape index (κ3) is 5.10. The van der Waals surface area contributed by atoms with Gasteiger partial charge in [-0.1, -0.05) is 6.92 Å². The molecular formula is C17H19N3O3. The number of hydrogen-bond donors (Lipinski definition) is 1. The number of nitro groups is 1. The number of nitro benzene ring substituents is 1. The van der Waals surface area contributed by atoms with Gasteiger partial charge >= 0.3 is 0 Å². The van der Waals surface area contributed by atoms with Crippen LogP contribution in [0.25, 0.3) is 0 Å². The minimum absolute atomic E-state index is 0.0522. The van der Waals surface area contributed by atoms with Gasteiger partial charge < -0.3 is 4.74 Å². The normalized spacial score (nSPS) is 12.1. The van der Waals surface area contributed by atoms with Gasteiger partial charge in [0, 0.05) is 12.1 Å². The number of non-ortho nitro benzene ring substituents is 1. The molecule has 6 heteroatoms. The fourth-order valence-corrected chi connectivity index (χ4v) is 1.79. The van der Waals surface area contributed by atoms with Crippen LogP contribution in [0.1, 0.15) is 25.8 Å². The van der Waals surface area contributed by atoms with Crippen molar-refractivity contribution in [2.45, 2.75) is 26.4 Å². The van der Waals surface area contributed by atoms with E-state index in [1.807, 2.05) is 31.2 Å². The molecule has 0 aliphatic heterocycles. The molecule has 0 amide bonds. The fourth-order valence-electron chi connectivity index (χ4n) is 1.79. The zero-order valence-corrected chi connectivity index (χ0v) is 13.1. The summed E-state index contributed by atoms with van der Waals surface area (Å²) in [5.74, 6) is 0.833. The maximum absolute atomic E-state index is 10.6. The van der Waals surface area contributed by atoms with E-state index in [1.54, 1.807) is 18.3 Å². The van der Waals surface area contributed by atoms with E-state index in [0.717, 1.165) is 17.7 Å². The molecule has 0 saturated carbocycles. The van der Waals surface area contributed by atoms with Crippen LogP contribution in [0.2, 0.25) is 0 Å². The van der Waals surface area contributed by atoms with Crippen LogP contribution >= 0.6 is 0 Å². The highest BCUT2D eigenvalue weighted by Gasteiger charge is 2.03. The topological polar surface area (TPSA) is 76.8 Å². The maximum Gasteiger partial charge on any atom is 0.269 e. The van der Waals surface area contributed by atoms with Crippen LogP contribution in [0, 0.1) is 10.1 Å². The van der Waals surface area contributed by atoms with E-state index in [0.29, 0.717) is 5.69 Å². The first-order chi connectivity index (χ1) is 11.1. The lowest BCUT2D eigenvalue weighted by Crippen LogP contribution is -2.09. The summed E-state index contributed by atoms with van der Waals surface area (Å²) in [7, 11) is 0. The molecule has 2 aromatic carbocycles. The highest BCUT2D eigenvalue weighted by Crippen LogP contribution is 2.16. The molecule has 0 spiro atoms. The van der Waals surface area contributed by atoms with Crippen molar-refractivity contribution < 1.29 is 9.66 Å². The number of nitrogens with one attached hydrogen (secondary N) is 1. The van der Waals surface area contributed by atoms with Crippen molar-refractivity contribution >= 4 is 17.6 Å². The van der Waals surface area contributed by atoms with Gasteiger partial charge in [0.2, 0.25) is 0 Å². The average molecular weight is 313 g/mol. The standard InChI is InChI=1S/C17H19N3O3/c1-3-13(2)23-17-10-4-14(5-11-17)12-18-19-15-6-8-16(9-7-15)20(21)22/h4-13,19H,3H2,1-2H3/b18-12+/t13-/m1/s1. The molecule has 0 fully saturated rings. The van der Waals surface area contributed by atoms with Crippen LogP contribution in [0.3, 0.4) is 0 Å². The average Bonchev–Trinajstić information content (AvgIpc) is 2.57. The monoisotopic (exact) mass is 313 g/mol. The first-order valence-corrected chi connectivity index (χ1v) is 7.38. The number of anilines is 1. The highest BCUT2D eigenvalue weighted by atomic mass is 16.6. The summed E-state index contributed by atoms with van der Waals surface area (Å²) < 4.78 is 5.71. The third-order valence-corrected chi connectivity index (χ3v) is 3.28. The molecular weight excluding hydrogens is 294 g/mol. The molecule has 120 valence electrons. The molecule has 2 aromatic rings. The van der Waals surface area contributed by atoms with E-state index >= 15 is 0 Å². The summed E-state index contributed by atoms with van der Waals surface area (Å²) in [4.78, 5) is 10.1. The van der Waals surface area contributed by atoms with Crippen molar-refractivity contribution in [2.75, 3.05) is 5.43 Å². The Labute approximate surface area is 134 Å². The van der Waals surface area contributed by atoms with Crippen molar-refractivity contribution in [3.05, 3.63) is 64.2 Å². The largest absolute Gasteiger partial charge is 0.491 e. The lowest BCUT2D eigenvalue weighted by molar-refractivity contribution is -0.384. The second-order valence-electron chi connectivity index (χ2n) is 5.08. The van der Waals surface area contributed by atoms with Crippen LogP contribution in [0.4, 0.5) is 11.4 Å². The molecule has 23 heavy (non-hydrogen) atoms. The second-order valence-corrected chi connectivity index (χ2v) is 5.08. The van der Waals surface area contributed by atoms with Gasteiger partial charge in [-0.3, -0.25) is 15.5 Å². The zero-order chi connectivity index (χ0) is 16.7. The summed E-state index contributed by atoms with van der Waals surface area (Å²) >= 11 is 0. The van der Waals surface area contributed by atoms with Crippen molar-refractivity contribution in [1.82, 2.24) is 0 Å². The quantitative estimate of drug-likeness (QED) is 0.472. The van der Waals surface area contributed by atoms with E-state index in [-0.39, 0.29) is 11.8 Å². The van der Waals surface area contributed by atoms with Crippen LogP contribution < -0.4 is 10.2 Å². The Kier molecular flexibility index (Phi) is 5.68. The Hall–Kier alpha value is -2.89. The first-order valence-electron chi connectivity index (χ1n) is 7.38. The lowest BCUT2D eigenvalue weighted by atomic mass is 10.2. The first kappa shape index (κ1) is 16.5. The van der Waals surface area contributed by atoms with Crippen LogP contribution in [-0.4, -0.2) is 17.2 Å². The summed E-state index contributed by atoms with van der Waals surface area (Å²) in [5, 5.41) is 14.7. The molecule has 0 aliphatic carbocycles. The number of nitrogens with zero attached hydrogens (tertiary/aromatic N) is 2. The van der Waals surface area contributed by atoms with Crippen molar-refractivity contribution in [3.8, 4) is 5.75 Å². The van der Waals surface area contributed by atoms with Crippen LogP contribution in [0.15, 0.2) is 53.6 Å². The number of hydrazone groups is 1. The van der Waals surface area contributed by atoms with Gasteiger partial charge in [0.05, 0.1) is 22.9 Å². The van der Waals surface area contributed by atoms with Gasteiger partial charge in [0.15, 0.2) is 0 Å². The molecule has 6 nitrogen and oxygen atoms in total. The summed E-state index contributed by atoms with van der Waals surface area (Å²) in [5.41, 5.74) is 4.49. The van der Waals surface area contributed by atoms with Gasteiger partial charge in [0.1, 0.15) is 5.75 Å². The highest BCUT2D eigenvalue weighted by molar-refractivity contribution is 5.80. The summed E-state index contributed by atoms with van der Waals surface area (Å²) in [6, 6.07) is 13.7. The van der Waals surface area contributed by atoms with E-state index in [9.17, 15) is 10.1 Å². The molecule has 0 aliphatic rings. The van der Waals surface area contributed by atoms with Crippen LogP contribution in [0.5, 0.6) is 5.75 Å². The number of benzene rings is 2. The Morgan fingerprint density at radius 1 is 1.22 bits per heavy atom. The Morgan fingerprint density at radius 3 is 2.43 bits per heavy atom. The zero-order valence-electron chi connectivity index (χ0n) is 13.1. The predicted molar refractivity (Wildman–Crippen MR) is 91.1 cm³/mol. The second kappa shape index (κ2) is 7.93. The molecule has 1 N–H and O–H groups in total. The summed E-state index contributed by atoms with van der Waals surface area (Å²) in [6.45, 7) is 4.11. The van der Waals surface area contributed by atoms with E-state index in [2.05, 4.69) is 17.5 Å². The Morgan fingerprint density at radius 2 is 1.87 bits per heavy atom. The SMILES string of the molecule is CC[C@@H](C)Oc1ccc(/C=N/Nc2ccc([N+](=O)[O-])cc2)cc1. The number of hydrogen-bond acceptors (Lipinski definition) is 5. The maximum atomic E-state index is 10.6. The molecule has 0 radical (unpaired) electrons. The summed E-state index contributed by atoms with van der Waals surface area (Å²) in [6.07, 6.45) is 2.83. The van der Waals surface area contributed by atoms with Crippen molar-refractivity contribution in [3.63, 3.8) is 0 Å². The fraction of sp³-hybridized carbons (Fsp3) is 0.235. The van der Waals surface area contributed by atoms with Gasteiger partial charge in [-0.05, 0) is 55.3 Å². The smallest absolute Gasteiger partial charge is 0.269 e. The minimum atomic E-state index is -0.434. The predicted octanol–water partition coefficient (Wildman–Crippen LogP) is 4.22. The molecule has 1 atom stereocenters.